The average molecular weight is 259 g/mol. The summed E-state index contributed by atoms with van der Waals surface area (Å²) in [4.78, 5) is 6.93. The van der Waals surface area contributed by atoms with Crippen LogP contribution in [0, 0.1) is 0 Å². The first kappa shape index (κ1) is 15.9. The maximum Gasteiger partial charge on any atom is 0.0639 e. The second-order valence-corrected chi connectivity index (χ2v) is 5.60. The lowest BCUT2D eigenvalue weighted by molar-refractivity contribution is 0.102. The van der Waals surface area contributed by atoms with Gasteiger partial charge in [-0.3, -0.25) is 9.80 Å². The normalized spacial score (nSPS) is 25.2. The molecule has 0 saturated carbocycles. The smallest absolute Gasteiger partial charge is 0.0639 e. The van der Waals surface area contributed by atoms with Gasteiger partial charge in [0.2, 0.25) is 0 Å². The van der Waals surface area contributed by atoms with E-state index in [1.54, 1.807) is 0 Å². The van der Waals surface area contributed by atoms with Gasteiger partial charge in [0.25, 0.3) is 0 Å². The Hall–Kier alpha value is -0.200. The van der Waals surface area contributed by atoms with E-state index < -0.39 is 0 Å². The van der Waals surface area contributed by atoms with Crippen LogP contribution in [0.1, 0.15) is 13.8 Å². The third-order valence-electron chi connectivity index (χ3n) is 3.37. The van der Waals surface area contributed by atoms with Crippen LogP contribution in [0.5, 0.6) is 0 Å². The van der Waals surface area contributed by atoms with Gasteiger partial charge in [0, 0.05) is 52.4 Å². The van der Waals surface area contributed by atoms with Crippen molar-refractivity contribution < 1.29 is 10.2 Å². The van der Waals surface area contributed by atoms with Crippen molar-refractivity contribution in [1.29, 1.82) is 0 Å². The highest BCUT2D eigenvalue weighted by molar-refractivity contribution is 4.72. The Kier molecular flexibility index (Phi) is 7.11. The molecule has 2 atom stereocenters. The first-order chi connectivity index (χ1) is 8.47. The topological polar surface area (TPSA) is 50.2 Å². The summed E-state index contributed by atoms with van der Waals surface area (Å²) in [5.41, 5.74) is 0. The Morgan fingerprint density at radius 2 is 1.11 bits per heavy atom. The van der Waals surface area contributed by atoms with Gasteiger partial charge in [0.1, 0.15) is 0 Å². The van der Waals surface area contributed by atoms with Crippen molar-refractivity contribution in [1.82, 2.24) is 14.7 Å². The molecule has 108 valence electrons. The van der Waals surface area contributed by atoms with Gasteiger partial charge in [-0.25, -0.2) is 0 Å². The first-order valence-electron chi connectivity index (χ1n) is 6.96. The minimum absolute atomic E-state index is 0.277. The molecule has 0 spiro atoms. The van der Waals surface area contributed by atoms with Crippen LogP contribution in [0.4, 0.5) is 0 Å². The van der Waals surface area contributed by atoms with Gasteiger partial charge in [-0.1, -0.05) is 0 Å². The van der Waals surface area contributed by atoms with Gasteiger partial charge in [0.05, 0.1) is 12.2 Å². The predicted molar refractivity (Wildman–Crippen MR) is 73.7 cm³/mol. The molecule has 0 amide bonds. The molecule has 0 aromatic heterocycles. The van der Waals surface area contributed by atoms with E-state index in [1.165, 1.54) is 0 Å². The molecule has 5 nitrogen and oxygen atoms in total. The fraction of sp³-hybridized carbons (Fsp3) is 1.00. The van der Waals surface area contributed by atoms with Crippen LogP contribution < -0.4 is 0 Å². The molecule has 1 fully saturated rings. The average Bonchev–Trinajstić information content (AvgIpc) is 2.33. The van der Waals surface area contributed by atoms with Crippen molar-refractivity contribution in [3.63, 3.8) is 0 Å². The summed E-state index contributed by atoms with van der Waals surface area (Å²) in [5, 5.41) is 19.0. The predicted octanol–water partition coefficient (Wildman–Crippen LogP) is -0.703. The number of β-amino-alcohol motifs (C(OH)–C–C–N with tert-alkyl or cyclic N) is 2. The van der Waals surface area contributed by atoms with E-state index >= 15 is 0 Å². The van der Waals surface area contributed by atoms with Crippen LogP contribution in [0.2, 0.25) is 0 Å². The van der Waals surface area contributed by atoms with Crippen LogP contribution >= 0.6 is 0 Å². The molecule has 1 aliphatic rings. The van der Waals surface area contributed by atoms with Gasteiger partial charge < -0.3 is 15.1 Å². The Labute approximate surface area is 111 Å². The fourth-order valence-electron chi connectivity index (χ4n) is 2.36. The first-order valence-corrected chi connectivity index (χ1v) is 6.96. The zero-order valence-corrected chi connectivity index (χ0v) is 12.0. The lowest BCUT2D eigenvalue weighted by Crippen LogP contribution is -2.41. The number of rotatable bonds is 4. The van der Waals surface area contributed by atoms with E-state index in [4.69, 9.17) is 0 Å². The van der Waals surface area contributed by atoms with E-state index in [-0.39, 0.29) is 12.2 Å². The van der Waals surface area contributed by atoms with E-state index in [2.05, 4.69) is 21.7 Å². The number of nitrogens with zero attached hydrogens (tertiary/aromatic N) is 3. The van der Waals surface area contributed by atoms with E-state index in [0.717, 1.165) is 52.4 Å². The number of aliphatic hydroxyl groups is 2. The van der Waals surface area contributed by atoms with E-state index in [9.17, 15) is 10.2 Å². The van der Waals surface area contributed by atoms with Crippen molar-refractivity contribution >= 4 is 0 Å². The SMILES string of the molecule is CC(O)CN1CCN(C)CCN(CC(C)O)CC1. The number of hydrogen-bond donors (Lipinski definition) is 2. The second kappa shape index (κ2) is 8.07. The molecule has 0 bridgehead atoms. The van der Waals surface area contributed by atoms with Crippen LogP contribution in [0.3, 0.4) is 0 Å². The van der Waals surface area contributed by atoms with Crippen molar-refractivity contribution in [2.45, 2.75) is 26.1 Å². The zero-order chi connectivity index (χ0) is 13.5. The monoisotopic (exact) mass is 259 g/mol. The molecular weight excluding hydrogens is 230 g/mol. The highest BCUT2D eigenvalue weighted by Gasteiger charge is 2.16. The van der Waals surface area contributed by atoms with Gasteiger partial charge in [-0.15, -0.1) is 0 Å². The minimum atomic E-state index is -0.277. The van der Waals surface area contributed by atoms with E-state index in [1.807, 2.05) is 13.8 Å². The van der Waals surface area contributed by atoms with Crippen molar-refractivity contribution in [3.05, 3.63) is 0 Å². The standard InChI is InChI=1S/C13H29N3O2/c1-12(17)10-15-6-4-14(3)5-7-16(9-8-15)11-13(2)18/h12-13,17-18H,4-11H2,1-3H3. The molecule has 0 aliphatic carbocycles. The molecule has 1 heterocycles. The Balaban J connectivity index is 2.50. The molecule has 1 saturated heterocycles. The minimum Gasteiger partial charge on any atom is -0.392 e. The quantitative estimate of drug-likeness (QED) is 0.699. The molecule has 2 unspecified atom stereocenters. The van der Waals surface area contributed by atoms with Gasteiger partial charge in [-0.05, 0) is 20.9 Å². The molecule has 5 heteroatoms. The Morgan fingerprint density at radius 1 is 0.778 bits per heavy atom. The lowest BCUT2D eigenvalue weighted by atomic mass is 10.3. The highest BCUT2D eigenvalue weighted by Crippen LogP contribution is 2.01. The summed E-state index contributed by atoms with van der Waals surface area (Å²) < 4.78 is 0. The van der Waals surface area contributed by atoms with Crippen molar-refractivity contribution in [2.75, 3.05) is 59.4 Å². The molecule has 0 aromatic rings. The van der Waals surface area contributed by atoms with Crippen molar-refractivity contribution in [3.8, 4) is 0 Å². The molecule has 18 heavy (non-hydrogen) atoms. The van der Waals surface area contributed by atoms with Crippen molar-refractivity contribution in [2.24, 2.45) is 0 Å². The summed E-state index contributed by atoms with van der Waals surface area (Å²) in [7, 11) is 2.13. The molecule has 2 N–H and O–H groups in total. The summed E-state index contributed by atoms with van der Waals surface area (Å²) in [5.74, 6) is 0. The summed E-state index contributed by atoms with van der Waals surface area (Å²) in [6, 6.07) is 0. The van der Waals surface area contributed by atoms with Crippen LogP contribution in [0.15, 0.2) is 0 Å². The van der Waals surface area contributed by atoms with Crippen LogP contribution in [-0.4, -0.2) is 96.5 Å². The van der Waals surface area contributed by atoms with E-state index in [0.29, 0.717) is 0 Å². The van der Waals surface area contributed by atoms with Gasteiger partial charge in [-0.2, -0.15) is 0 Å². The van der Waals surface area contributed by atoms with Crippen LogP contribution in [0.25, 0.3) is 0 Å². The maximum absolute atomic E-state index is 9.51. The third kappa shape index (κ3) is 6.66. The Bertz CT molecular complexity index is 202. The summed E-state index contributed by atoms with van der Waals surface area (Å²) >= 11 is 0. The largest absolute Gasteiger partial charge is 0.392 e. The fourth-order valence-corrected chi connectivity index (χ4v) is 2.36. The lowest BCUT2D eigenvalue weighted by Gasteiger charge is -2.27. The van der Waals surface area contributed by atoms with Crippen LogP contribution in [-0.2, 0) is 0 Å². The second-order valence-electron chi connectivity index (χ2n) is 5.60. The number of likely N-dealkylation sites (N-methyl/N-ethyl adjacent to an activating group) is 1. The molecule has 1 aliphatic heterocycles. The summed E-state index contributed by atoms with van der Waals surface area (Å²) in [6.45, 7) is 11.1. The summed E-state index contributed by atoms with van der Waals surface area (Å²) in [6.07, 6.45) is -0.553. The molecule has 1 rings (SSSR count). The molecule has 0 aromatic carbocycles. The molecular formula is C13H29N3O2. The maximum atomic E-state index is 9.51. The number of hydrogen-bond acceptors (Lipinski definition) is 5. The molecule has 0 radical (unpaired) electrons. The zero-order valence-electron chi connectivity index (χ0n) is 12.0. The van der Waals surface area contributed by atoms with Gasteiger partial charge in [0.15, 0.2) is 0 Å². The Morgan fingerprint density at radius 3 is 1.44 bits per heavy atom. The third-order valence-corrected chi connectivity index (χ3v) is 3.37. The number of aliphatic hydroxyl groups excluding tert-OH is 2. The van der Waals surface area contributed by atoms with Gasteiger partial charge >= 0.3 is 0 Å². The highest BCUT2D eigenvalue weighted by atomic mass is 16.3.